The van der Waals surface area contributed by atoms with Crippen LogP contribution >= 0.6 is 28.1 Å². The van der Waals surface area contributed by atoms with E-state index in [1.165, 1.54) is 0 Å². The van der Waals surface area contributed by atoms with Gasteiger partial charge in [-0.15, -0.1) is 0 Å². The maximum Gasteiger partial charge on any atom is 0.144 e. The van der Waals surface area contributed by atoms with Crippen molar-refractivity contribution in [1.82, 2.24) is 9.97 Å². The molecule has 1 fully saturated rings. The molecule has 1 unspecified atom stereocenters. The fourth-order valence-corrected chi connectivity index (χ4v) is 2.24. The number of aromatic nitrogens is 2. The zero-order chi connectivity index (χ0) is 11.5. The zero-order valence-electron chi connectivity index (χ0n) is 8.96. The lowest BCUT2D eigenvalue weighted by Gasteiger charge is -2.12. The average Bonchev–Trinajstić information content (AvgIpc) is 2.78. The van der Waals surface area contributed by atoms with Gasteiger partial charge < -0.3 is 14.5 Å². The third kappa shape index (κ3) is 2.51. The number of ether oxygens (including phenoxy) is 2. The summed E-state index contributed by atoms with van der Waals surface area (Å²) in [5.74, 6) is 0.803. The Kier molecular flexibility index (Phi) is 4.07. The largest absolute Gasteiger partial charge is 0.378 e. The summed E-state index contributed by atoms with van der Waals surface area (Å²) in [6, 6.07) is 0. The first-order valence-electron chi connectivity index (χ1n) is 5.11. The van der Waals surface area contributed by atoms with Gasteiger partial charge in [-0.3, -0.25) is 0 Å². The first kappa shape index (κ1) is 12.2. The molecule has 1 aliphatic heterocycles. The maximum atomic E-state index is 5.57. The molecule has 0 bridgehead atoms. The summed E-state index contributed by atoms with van der Waals surface area (Å²) in [4.78, 5) is 7.55. The summed E-state index contributed by atoms with van der Waals surface area (Å²) in [6.45, 7) is 1.27. The molecule has 4 nitrogen and oxygen atoms in total. The Bertz CT molecular complexity index is 429. The third-order valence-corrected chi connectivity index (χ3v) is 3.89. The van der Waals surface area contributed by atoms with E-state index in [2.05, 4.69) is 25.9 Å². The van der Waals surface area contributed by atoms with Gasteiger partial charge in [-0.2, -0.15) is 0 Å². The second-order valence-corrected chi connectivity index (χ2v) is 4.83. The predicted molar refractivity (Wildman–Crippen MR) is 65.8 cm³/mol. The van der Waals surface area contributed by atoms with Crippen LogP contribution in [0, 0.1) is 4.64 Å². The van der Waals surface area contributed by atoms with Crippen molar-refractivity contribution in [3.8, 4) is 0 Å². The number of methoxy groups -OCH3 is 1. The molecule has 0 aromatic carbocycles. The molecule has 16 heavy (non-hydrogen) atoms. The van der Waals surface area contributed by atoms with E-state index in [0.717, 1.165) is 35.4 Å². The molecule has 1 saturated heterocycles. The Labute approximate surface area is 108 Å². The Morgan fingerprint density at radius 1 is 1.69 bits per heavy atom. The lowest BCUT2D eigenvalue weighted by molar-refractivity contribution is 0.104. The first-order valence-corrected chi connectivity index (χ1v) is 6.31. The van der Waals surface area contributed by atoms with Crippen molar-refractivity contribution in [2.45, 2.75) is 25.6 Å². The van der Waals surface area contributed by atoms with E-state index in [1.54, 1.807) is 7.11 Å². The van der Waals surface area contributed by atoms with E-state index in [9.17, 15) is 0 Å². The zero-order valence-corrected chi connectivity index (χ0v) is 11.4. The normalized spacial score (nSPS) is 20.2. The summed E-state index contributed by atoms with van der Waals surface area (Å²) >= 11 is 8.59. The monoisotopic (exact) mass is 304 g/mol. The van der Waals surface area contributed by atoms with Crippen molar-refractivity contribution in [1.29, 1.82) is 0 Å². The van der Waals surface area contributed by atoms with Crippen LogP contribution in [-0.2, 0) is 16.1 Å². The minimum Gasteiger partial charge on any atom is -0.378 e. The van der Waals surface area contributed by atoms with Crippen molar-refractivity contribution >= 4 is 28.1 Å². The molecule has 6 heteroatoms. The van der Waals surface area contributed by atoms with E-state index in [0.29, 0.717) is 11.2 Å². The number of hydrogen-bond donors (Lipinski definition) is 1. The van der Waals surface area contributed by atoms with Crippen molar-refractivity contribution in [3.63, 3.8) is 0 Å². The molecule has 0 spiro atoms. The highest BCUT2D eigenvalue weighted by Gasteiger charge is 2.21. The standard InChI is InChI=1S/C10H13BrN2O2S/c1-14-5-6-8(11)10(16)13-9(12-6)7-3-2-4-15-7/h7H,2-5H2,1H3,(H,12,13,16). The van der Waals surface area contributed by atoms with Crippen LogP contribution in [0.1, 0.15) is 30.5 Å². The van der Waals surface area contributed by atoms with Crippen LogP contribution in [0.3, 0.4) is 0 Å². The fraction of sp³-hybridized carbons (Fsp3) is 0.600. The van der Waals surface area contributed by atoms with Crippen LogP contribution < -0.4 is 0 Å². The molecule has 0 saturated carbocycles. The lowest BCUT2D eigenvalue weighted by Crippen LogP contribution is -2.07. The van der Waals surface area contributed by atoms with E-state index in [4.69, 9.17) is 21.7 Å². The molecule has 0 aliphatic carbocycles. The molecule has 1 atom stereocenters. The number of H-pyrrole nitrogens is 1. The second-order valence-electron chi connectivity index (χ2n) is 3.65. The van der Waals surface area contributed by atoms with Crippen LogP contribution in [-0.4, -0.2) is 23.7 Å². The number of nitrogens with one attached hydrogen (secondary N) is 1. The van der Waals surface area contributed by atoms with Crippen molar-refractivity contribution in [2.75, 3.05) is 13.7 Å². The van der Waals surface area contributed by atoms with Crippen LogP contribution in [0.5, 0.6) is 0 Å². The lowest BCUT2D eigenvalue weighted by atomic mass is 10.2. The summed E-state index contributed by atoms with van der Waals surface area (Å²) in [5, 5.41) is 0. The van der Waals surface area contributed by atoms with E-state index < -0.39 is 0 Å². The Morgan fingerprint density at radius 2 is 2.50 bits per heavy atom. The van der Waals surface area contributed by atoms with Crippen LogP contribution in [0.15, 0.2) is 4.47 Å². The highest BCUT2D eigenvalue weighted by molar-refractivity contribution is 9.10. The molecule has 88 valence electrons. The Hall–Kier alpha value is -0.300. The first-order chi connectivity index (χ1) is 7.72. The highest BCUT2D eigenvalue weighted by Crippen LogP contribution is 2.27. The third-order valence-electron chi connectivity index (χ3n) is 2.48. The molecular formula is C10H13BrN2O2S. The Balaban J connectivity index is 2.35. The molecule has 1 aliphatic rings. The van der Waals surface area contributed by atoms with Crippen LogP contribution in [0.25, 0.3) is 0 Å². The van der Waals surface area contributed by atoms with E-state index >= 15 is 0 Å². The molecule has 2 rings (SSSR count). The average molecular weight is 305 g/mol. The van der Waals surface area contributed by atoms with Gasteiger partial charge in [0.05, 0.1) is 16.8 Å². The summed E-state index contributed by atoms with van der Waals surface area (Å²) in [6.07, 6.45) is 2.11. The number of aromatic amines is 1. The number of rotatable bonds is 3. The summed E-state index contributed by atoms with van der Waals surface area (Å²) in [5.41, 5.74) is 0.910. The second kappa shape index (κ2) is 5.35. The van der Waals surface area contributed by atoms with Gasteiger partial charge in [0.2, 0.25) is 0 Å². The van der Waals surface area contributed by atoms with E-state index in [1.807, 2.05) is 0 Å². The molecule has 0 amide bonds. The van der Waals surface area contributed by atoms with Gasteiger partial charge in [0, 0.05) is 13.7 Å². The van der Waals surface area contributed by atoms with E-state index in [-0.39, 0.29) is 6.10 Å². The van der Waals surface area contributed by atoms with Crippen molar-refractivity contribution in [3.05, 3.63) is 20.6 Å². The van der Waals surface area contributed by atoms with Crippen molar-refractivity contribution in [2.24, 2.45) is 0 Å². The van der Waals surface area contributed by atoms with Gasteiger partial charge in [-0.25, -0.2) is 4.98 Å². The number of nitrogens with zero attached hydrogens (tertiary/aromatic N) is 1. The maximum absolute atomic E-state index is 5.57. The van der Waals surface area contributed by atoms with Crippen LogP contribution in [0.4, 0.5) is 0 Å². The number of hydrogen-bond acceptors (Lipinski definition) is 4. The minimum atomic E-state index is 0.0467. The van der Waals surface area contributed by atoms with Crippen LogP contribution in [0.2, 0.25) is 0 Å². The van der Waals surface area contributed by atoms with Gasteiger partial charge in [-0.1, -0.05) is 12.2 Å². The number of halogens is 1. The molecule has 1 aromatic heterocycles. The molecule has 0 radical (unpaired) electrons. The molecule has 1 aromatic rings. The van der Waals surface area contributed by atoms with Gasteiger partial charge in [0.1, 0.15) is 16.6 Å². The highest BCUT2D eigenvalue weighted by atomic mass is 79.9. The minimum absolute atomic E-state index is 0.0467. The summed E-state index contributed by atoms with van der Waals surface area (Å²) in [7, 11) is 1.65. The smallest absolute Gasteiger partial charge is 0.144 e. The van der Waals surface area contributed by atoms with Gasteiger partial charge in [0.25, 0.3) is 0 Å². The molecule has 1 N–H and O–H groups in total. The van der Waals surface area contributed by atoms with Crippen molar-refractivity contribution < 1.29 is 9.47 Å². The quantitative estimate of drug-likeness (QED) is 0.872. The van der Waals surface area contributed by atoms with Gasteiger partial charge in [0.15, 0.2) is 0 Å². The topological polar surface area (TPSA) is 47.1 Å². The van der Waals surface area contributed by atoms with Gasteiger partial charge in [-0.05, 0) is 28.8 Å². The molecular weight excluding hydrogens is 292 g/mol. The predicted octanol–water partition coefficient (Wildman–Crippen LogP) is 2.90. The molecule has 2 heterocycles. The summed E-state index contributed by atoms with van der Waals surface area (Å²) < 4.78 is 12.0. The Morgan fingerprint density at radius 3 is 3.12 bits per heavy atom. The fourth-order valence-electron chi connectivity index (χ4n) is 1.71. The van der Waals surface area contributed by atoms with Gasteiger partial charge >= 0.3 is 0 Å². The SMILES string of the molecule is COCc1[nH]c(C2CCCO2)nc(=S)c1Br.